The smallest absolute Gasteiger partial charge is 0.335 e. The zero-order valence-corrected chi connectivity index (χ0v) is 16.4. The molecule has 0 radical (unpaired) electrons. The number of carboxylic acids is 1. The Hall–Kier alpha value is -3.12. The van der Waals surface area contributed by atoms with Crippen LogP contribution in [0.15, 0.2) is 84.9 Å². The van der Waals surface area contributed by atoms with Gasteiger partial charge in [-0.25, -0.2) is 13.2 Å². The molecule has 28 heavy (non-hydrogen) atoms. The SMILES string of the molecule is CS(=O)(=O)Nc1ccccc1CCc1ccc(C(=O)O)cc1.c1ccccc1. The van der Waals surface area contributed by atoms with Crippen LogP contribution in [0, 0.1) is 0 Å². The predicted octanol–water partition coefficient (Wildman–Crippen LogP) is 4.23. The normalized spacial score (nSPS) is 10.5. The maximum atomic E-state index is 11.4. The van der Waals surface area contributed by atoms with E-state index in [1.807, 2.05) is 48.5 Å². The molecule has 0 unspecified atom stereocenters. The third-order valence-corrected chi connectivity index (χ3v) is 4.45. The van der Waals surface area contributed by atoms with E-state index < -0.39 is 16.0 Å². The average molecular weight is 397 g/mol. The maximum Gasteiger partial charge on any atom is 0.335 e. The van der Waals surface area contributed by atoms with Crippen molar-refractivity contribution in [3.8, 4) is 0 Å². The zero-order valence-electron chi connectivity index (χ0n) is 15.6. The number of rotatable bonds is 6. The Bertz CT molecular complexity index is 958. The fraction of sp³-hybridized carbons (Fsp3) is 0.136. The molecule has 0 atom stereocenters. The van der Waals surface area contributed by atoms with Gasteiger partial charge in [0, 0.05) is 0 Å². The van der Waals surface area contributed by atoms with Crippen molar-refractivity contribution in [1.82, 2.24) is 0 Å². The molecule has 0 fully saturated rings. The summed E-state index contributed by atoms with van der Waals surface area (Å²) in [4.78, 5) is 10.8. The number of hydrogen-bond donors (Lipinski definition) is 2. The van der Waals surface area contributed by atoms with Gasteiger partial charge in [-0.1, -0.05) is 66.7 Å². The average Bonchev–Trinajstić information content (AvgIpc) is 2.68. The molecule has 0 aliphatic rings. The summed E-state index contributed by atoms with van der Waals surface area (Å²) in [5.41, 5.74) is 2.73. The number of carboxylic acid groups (broad SMARTS) is 1. The van der Waals surface area contributed by atoms with Crippen molar-refractivity contribution < 1.29 is 18.3 Å². The van der Waals surface area contributed by atoms with Crippen molar-refractivity contribution in [2.45, 2.75) is 12.8 Å². The number of nitrogens with one attached hydrogen (secondary N) is 1. The van der Waals surface area contributed by atoms with Crippen molar-refractivity contribution in [3.63, 3.8) is 0 Å². The van der Waals surface area contributed by atoms with Crippen LogP contribution in [-0.2, 0) is 22.9 Å². The lowest BCUT2D eigenvalue weighted by Gasteiger charge is -2.10. The zero-order chi connectivity index (χ0) is 20.4. The first-order chi connectivity index (χ1) is 13.3. The summed E-state index contributed by atoms with van der Waals surface area (Å²) in [5.74, 6) is -0.950. The fourth-order valence-electron chi connectivity index (χ4n) is 2.52. The molecule has 3 aromatic carbocycles. The lowest BCUT2D eigenvalue weighted by molar-refractivity contribution is 0.0697. The van der Waals surface area contributed by atoms with E-state index in [0.717, 1.165) is 17.4 Å². The Morgan fingerprint density at radius 2 is 1.36 bits per heavy atom. The van der Waals surface area contributed by atoms with Gasteiger partial charge in [-0.3, -0.25) is 4.72 Å². The second-order valence-corrected chi connectivity index (χ2v) is 7.94. The van der Waals surface area contributed by atoms with Gasteiger partial charge in [0.1, 0.15) is 0 Å². The van der Waals surface area contributed by atoms with Gasteiger partial charge in [0.2, 0.25) is 10.0 Å². The molecular formula is C22H23NO4S. The van der Waals surface area contributed by atoms with Crippen LogP contribution in [0.25, 0.3) is 0 Å². The van der Waals surface area contributed by atoms with Gasteiger partial charge in [-0.2, -0.15) is 0 Å². The summed E-state index contributed by atoms with van der Waals surface area (Å²) in [6, 6.07) is 25.9. The van der Waals surface area contributed by atoms with Crippen molar-refractivity contribution in [2.75, 3.05) is 11.0 Å². The molecular weight excluding hydrogens is 374 g/mol. The Kier molecular flexibility index (Phi) is 7.77. The molecule has 0 aliphatic carbocycles. The van der Waals surface area contributed by atoms with Crippen LogP contribution < -0.4 is 4.72 Å². The Balaban J connectivity index is 0.000000397. The van der Waals surface area contributed by atoms with Gasteiger partial charge in [-0.05, 0) is 42.2 Å². The molecule has 6 heteroatoms. The van der Waals surface area contributed by atoms with Gasteiger partial charge < -0.3 is 5.11 Å². The number of para-hydroxylation sites is 1. The topological polar surface area (TPSA) is 83.5 Å². The number of sulfonamides is 1. The van der Waals surface area contributed by atoms with Crippen LogP contribution in [0.3, 0.4) is 0 Å². The summed E-state index contributed by atoms with van der Waals surface area (Å²) in [5, 5.41) is 8.86. The number of carbonyl (C=O) groups is 1. The minimum atomic E-state index is -3.31. The quantitative estimate of drug-likeness (QED) is 0.652. The van der Waals surface area contributed by atoms with Gasteiger partial charge in [-0.15, -0.1) is 0 Å². The maximum absolute atomic E-state index is 11.4. The van der Waals surface area contributed by atoms with E-state index in [0.29, 0.717) is 18.5 Å². The highest BCUT2D eigenvalue weighted by Crippen LogP contribution is 2.18. The number of hydrogen-bond acceptors (Lipinski definition) is 3. The molecule has 3 aromatic rings. The number of aryl methyl sites for hydroxylation is 2. The first-order valence-corrected chi connectivity index (χ1v) is 10.6. The largest absolute Gasteiger partial charge is 0.478 e. The summed E-state index contributed by atoms with van der Waals surface area (Å²) in [7, 11) is -3.31. The van der Waals surface area contributed by atoms with E-state index in [1.165, 1.54) is 0 Å². The highest BCUT2D eigenvalue weighted by molar-refractivity contribution is 7.92. The molecule has 0 saturated carbocycles. The second-order valence-electron chi connectivity index (χ2n) is 6.19. The minimum absolute atomic E-state index is 0.253. The van der Waals surface area contributed by atoms with Crippen molar-refractivity contribution in [2.24, 2.45) is 0 Å². The molecule has 5 nitrogen and oxygen atoms in total. The summed E-state index contributed by atoms with van der Waals surface area (Å²) >= 11 is 0. The molecule has 0 amide bonds. The molecule has 3 rings (SSSR count). The molecule has 0 bridgehead atoms. The monoisotopic (exact) mass is 397 g/mol. The van der Waals surface area contributed by atoms with Crippen LogP contribution in [0.4, 0.5) is 5.69 Å². The van der Waals surface area contributed by atoms with Crippen LogP contribution >= 0.6 is 0 Å². The van der Waals surface area contributed by atoms with E-state index in [2.05, 4.69) is 4.72 Å². The van der Waals surface area contributed by atoms with Gasteiger partial charge in [0.05, 0.1) is 17.5 Å². The Morgan fingerprint density at radius 3 is 1.86 bits per heavy atom. The van der Waals surface area contributed by atoms with Crippen LogP contribution in [-0.4, -0.2) is 25.7 Å². The van der Waals surface area contributed by atoms with Crippen LogP contribution in [0.5, 0.6) is 0 Å². The molecule has 146 valence electrons. The van der Waals surface area contributed by atoms with E-state index >= 15 is 0 Å². The minimum Gasteiger partial charge on any atom is -0.478 e. The highest BCUT2D eigenvalue weighted by Gasteiger charge is 2.07. The van der Waals surface area contributed by atoms with Gasteiger partial charge >= 0.3 is 5.97 Å². The van der Waals surface area contributed by atoms with E-state index in [9.17, 15) is 13.2 Å². The molecule has 0 aliphatic heterocycles. The first-order valence-electron chi connectivity index (χ1n) is 8.73. The highest BCUT2D eigenvalue weighted by atomic mass is 32.2. The van der Waals surface area contributed by atoms with Crippen LogP contribution in [0.2, 0.25) is 0 Å². The fourth-order valence-corrected chi connectivity index (χ4v) is 3.11. The molecule has 0 spiro atoms. The lowest BCUT2D eigenvalue weighted by Crippen LogP contribution is -2.11. The molecule has 0 aromatic heterocycles. The summed E-state index contributed by atoms with van der Waals surface area (Å²) in [6.07, 6.45) is 2.47. The van der Waals surface area contributed by atoms with E-state index in [4.69, 9.17) is 5.11 Å². The first kappa shape index (κ1) is 21.2. The Labute approximate surface area is 165 Å². The van der Waals surface area contributed by atoms with Crippen molar-refractivity contribution in [3.05, 3.63) is 102 Å². The van der Waals surface area contributed by atoms with Crippen molar-refractivity contribution >= 4 is 21.7 Å². The number of benzene rings is 3. The van der Waals surface area contributed by atoms with Gasteiger partial charge in [0.25, 0.3) is 0 Å². The third kappa shape index (κ3) is 7.63. The standard InChI is InChI=1S/C16H17NO4S.C6H6/c1-22(20,21)17-15-5-3-2-4-13(15)9-6-12-7-10-14(11-8-12)16(18)19;1-2-4-6-5-3-1/h2-5,7-8,10-11,17H,6,9H2,1H3,(H,18,19);1-6H. The van der Waals surface area contributed by atoms with Crippen LogP contribution in [0.1, 0.15) is 21.5 Å². The Morgan fingerprint density at radius 1 is 0.821 bits per heavy atom. The molecule has 0 heterocycles. The second kappa shape index (κ2) is 10.3. The van der Waals surface area contributed by atoms with E-state index in [-0.39, 0.29) is 5.56 Å². The molecule has 0 saturated heterocycles. The predicted molar refractivity (Wildman–Crippen MR) is 112 cm³/mol. The number of anilines is 1. The number of aromatic carboxylic acids is 1. The summed E-state index contributed by atoms with van der Waals surface area (Å²) in [6.45, 7) is 0. The van der Waals surface area contributed by atoms with Crippen molar-refractivity contribution in [1.29, 1.82) is 0 Å². The van der Waals surface area contributed by atoms with Gasteiger partial charge in [0.15, 0.2) is 0 Å². The third-order valence-electron chi connectivity index (χ3n) is 3.86. The lowest BCUT2D eigenvalue weighted by atomic mass is 10.0. The molecule has 2 N–H and O–H groups in total. The summed E-state index contributed by atoms with van der Waals surface area (Å²) < 4.78 is 25.2. The van der Waals surface area contributed by atoms with E-state index in [1.54, 1.807) is 36.4 Å².